The van der Waals surface area contributed by atoms with Crippen LogP contribution in [0.25, 0.3) is 0 Å². The fraction of sp³-hybridized carbons (Fsp3) is 0.517. The van der Waals surface area contributed by atoms with Gasteiger partial charge in [0.05, 0.1) is 47.3 Å². The van der Waals surface area contributed by atoms with Crippen molar-refractivity contribution in [2.45, 2.75) is 57.5 Å². The number of carbonyl (C=O) groups is 2. The summed E-state index contributed by atoms with van der Waals surface area (Å²) < 4.78 is 28.0. The lowest BCUT2D eigenvalue weighted by Crippen LogP contribution is -2.46. The van der Waals surface area contributed by atoms with E-state index < -0.39 is 47.5 Å². The van der Waals surface area contributed by atoms with Gasteiger partial charge in [-0.25, -0.2) is 9.59 Å². The van der Waals surface area contributed by atoms with E-state index in [1.165, 1.54) is 12.1 Å². The Labute approximate surface area is 290 Å². The fourth-order valence-corrected chi connectivity index (χ4v) is 6.36. The first-order chi connectivity index (χ1) is 21.4. The van der Waals surface area contributed by atoms with Crippen LogP contribution in [0.2, 0.25) is 28.2 Å². The summed E-state index contributed by atoms with van der Waals surface area (Å²) in [5, 5.41) is 22.7. The smallest absolute Gasteiger partial charge is 0.338 e. The predicted octanol–water partition coefficient (Wildman–Crippen LogP) is 6.42. The average Bonchev–Trinajstić information content (AvgIpc) is 3.44. The second-order valence-corrected chi connectivity index (χ2v) is 17.7. The summed E-state index contributed by atoms with van der Waals surface area (Å²) in [7, 11) is 0.165. The second-order valence-electron chi connectivity index (χ2n) is 12.2. The van der Waals surface area contributed by atoms with Gasteiger partial charge in [-0.05, 0) is 36.7 Å². The van der Waals surface area contributed by atoms with E-state index in [0.29, 0.717) is 19.5 Å². The third-order valence-electron chi connectivity index (χ3n) is 8.10. The minimum atomic E-state index is -2.11. The normalized spacial score (nSPS) is 15.1. The maximum absolute atomic E-state index is 12.2. The lowest BCUT2D eigenvalue weighted by atomic mass is 10.2. The van der Waals surface area contributed by atoms with Crippen molar-refractivity contribution in [1.82, 2.24) is 4.90 Å². The average molecular weight is 737 g/mol. The molecule has 0 saturated carbocycles. The molecule has 0 spiro atoms. The number of hydrogen-bond acceptors (Lipinski definition) is 12. The number of nitrogens with zero attached hydrogens (tertiary/aromatic N) is 3. The summed E-state index contributed by atoms with van der Waals surface area (Å²) >= 11 is 12.6. The van der Waals surface area contributed by atoms with E-state index in [4.69, 9.17) is 46.6 Å². The Morgan fingerprint density at radius 2 is 1.34 bits per heavy atom. The molecule has 1 saturated heterocycles. The summed E-state index contributed by atoms with van der Waals surface area (Å²) in [6.07, 6.45) is 0.611. The standard InChI is InChI=1S/C29H37Cl2N3O11Si.H2S/c1-29(2,3)46(6,7)45-20-8-9-32(14-20)19(15-43-23-12-17(27(35)41-4)10-21(25(23)30)33(37)38)16-44-24-13-18(28(36)42-5)11-22(26(24)31)34(39)40;/h10-13,19-20H,8-9,14-16H2,1-7H3;1H2/t20-;/m0./s1. The summed E-state index contributed by atoms with van der Waals surface area (Å²) in [4.78, 5) is 48.3. The van der Waals surface area contributed by atoms with E-state index in [9.17, 15) is 29.8 Å². The van der Waals surface area contributed by atoms with Gasteiger partial charge in [0.25, 0.3) is 11.4 Å². The lowest BCUT2D eigenvalue weighted by molar-refractivity contribution is -0.384. The number of halogens is 2. The first-order valence-electron chi connectivity index (χ1n) is 14.2. The van der Waals surface area contributed by atoms with Gasteiger partial charge in [-0.3, -0.25) is 25.1 Å². The number of ether oxygens (including phenoxy) is 4. The van der Waals surface area contributed by atoms with Gasteiger partial charge in [-0.2, -0.15) is 13.5 Å². The van der Waals surface area contributed by atoms with Gasteiger partial charge in [0.1, 0.15) is 24.7 Å². The highest BCUT2D eigenvalue weighted by Gasteiger charge is 2.41. The van der Waals surface area contributed by atoms with Crippen LogP contribution in [-0.2, 0) is 13.9 Å². The van der Waals surface area contributed by atoms with Gasteiger partial charge in [0.2, 0.25) is 0 Å². The van der Waals surface area contributed by atoms with E-state index in [2.05, 4.69) is 33.9 Å². The molecule has 2 aromatic rings. The number of nitro benzene ring substituents is 2. The summed E-state index contributed by atoms with van der Waals surface area (Å²) in [6.45, 7) is 11.6. The monoisotopic (exact) mass is 735 g/mol. The van der Waals surface area contributed by atoms with Crippen molar-refractivity contribution >= 4 is 68.3 Å². The zero-order chi connectivity index (χ0) is 34.6. The Hall–Kier alpha value is -3.15. The molecule has 0 unspecified atom stereocenters. The van der Waals surface area contributed by atoms with Gasteiger partial charge in [0.15, 0.2) is 18.4 Å². The molecular formula is C29H39Cl2N3O11SSi. The molecule has 0 radical (unpaired) electrons. The van der Waals surface area contributed by atoms with E-state index in [1.807, 2.05) is 4.90 Å². The number of rotatable bonds is 13. The second kappa shape index (κ2) is 16.3. The molecular weight excluding hydrogens is 697 g/mol. The van der Waals surface area contributed by atoms with Gasteiger partial charge in [-0.1, -0.05) is 44.0 Å². The number of nitro groups is 2. The van der Waals surface area contributed by atoms with Crippen LogP contribution in [-0.4, -0.2) is 87.7 Å². The van der Waals surface area contributed by atoms with Crippen molar-refractivity contribution < 1.29 is 42.8 Å². The van der Waals surface area contributed by atoms with E-state index >= 15 is 0 Å². The van der Waals surface area contributed by atoms with E-state index in [0.717, 1.165) is 26.4 Å². The Balaban J connectivity index is 0.00000768. The molecule has 0 aromatic heterocycles. The molecule has 3 rings (SSSR count). The van der Waals surface area contributed by atoms with Crippen molar-refractivity contribution in [1.29, 1.82) is 0 Å². The largest absolute Gasteiger partial charge is 0.490 e. The van der Waals surface area contributed by atoms with Crippen molar-refractivity contribution in [3.8, 4) is 11.5 Å². The Morgan fingerprint density at radius 1 is 0.915 bits per heavy atom. The van der Waals surface area contributed by atoms with Gasteiger partial charge in [-0.15, -0.1) is 0 Å². The molecule has 0 N–H and O–H groups in total. The number of methoxy groups -OCH3 is 2. The molecule has 2 aromatic carbocycles. The van der Waals surface area contributed by atoms with Crippen LogP contribution in [0.5, 0.6) is 11.5 Å². The van der Waals surface area contributed by atoms with Gasteiger partial charge < -0.3 is 23.4 Å². The van der Waals surface area contributed by atoms with Crippen LogP contribution in [0.1, 0.15) is 47.9 Å². The van der Waals surface area contributed by atoms with Crippen LogP contribution in [0.3, 0.4) is 0 Å². The minimum absolute atomic E-state index is 0. The van der Waals surface area contributed by atoms with Gasteiger partial charge >= 0.3 is 11.9 Å². The van der Waals surface area contributed by atoms with Crippen molar-refractivity contribution in [3.05, 3.63) is 65.7 Å². The number of carbonyl (C=O) groups excluding carboxylic acids is 2. The quantitative estimate of drug-likeness (QED) is 0.0959. The molecule has 1 aliphatic heterocycles. The van der Waals surface area contributed by atoms with Crippen LogP contribution < -0.4 is 9.47 Å². The first kappa shape index (κ1) is 40.0. The summed E-state index contributed by atoms with van der Waals surface area (Å²) in [5.74, 6) is -1.90. The molecule has 1 fully saturated rings. The molecule has 0 aliphatic carbocycles. The first-order valence-corrected chi connectivity index (χ1v) is 17.9. The highest BCUT2D eigenvalue weighted by Crippen LogP contribution is 2.40. The van der Waals surface area contributed by atoms with Crippen LogP contribution in [0, 0.1) is 20.2 Å². The molecule has 14 nitrogen and oxygen atoms in total. The molecule has 260 valence electrons. The third-order valence-corrected chi connectivity index (χ3v) is 13.4. The van der Waals surface area contributed by atoms with Crippen LogP contribution in [0.4, 0.5) is 11.4 Å². The van der Waals surface area contributed by atoms with Crippen molar-refractivity contribution in [2.24, 2.45) is 0 Å². The zero-order valence-corrected chi connectivity index (χ0v) is 30.6. The molecule has 1 aliphatic rings. The Morgan fingerprint density at radius 3 is 1.70 bits per heavy atom. The van der Waals surface area contributed by atoms with Crippen molar-refractivity contribution in [2.75, 3.05) is 40.5 Å². The summed E-state index contributed by atoms with van der Waals surface area (Å²) in [5.41, 5.74) is -1.36. The molecule has 1 atom stereocenters. The lowest BCUT2D eigenvalue weighted by Gasteiger charge is -2.38. The maximum Gasteiger partial charge on any atom is 0.338 e. The number of esters is 2. The van der Waals surface area contributed by atoms with Gasteiger partial charge in [0, 0.05) is 25.2 Å². The predicted molar refractivity (Wildman–Crippen MR) is 182 cm³/mol. The topological polar surface area (TPSA) is 170 Å². The highest BCUT2D eigenvalue weighted by atomic mass is 35.5. The van der Waals surface area contributed by atoms with Crippen LogP contribution in [0.15, 0.2) is 24.3 Å². The molecule has 18 heteroatoms. The van der Waals surface area contributed by atoms with E-state index in [1.54, 1.807) is 0 Å². The summed E-state index contributed by atoms with van der Waals surface area (Å²) in [6, 6.07) is 3.91. The van der Waals surface area contributed by atoms with Crippen molar-refractivity contribution in [3.63, 3.8) is 0 Å². The zero-order valence-electron chi connectivity index (χ0n) is 27.1. The minimum Gasteiger partial charge on any atom is -0.490 e. The Bertz CT molecular complexity index is 1420. The fourth-order valence-electron chi connectivity index (χ4n) is 4.52. The Kier molecular flexibility index (Phi) is 13.9. The van der Waals surface area contributed by atoms with Crippen LogP contribution >= 0.6 is 36.7 Å². The highest BCUT2D eigenvalue weighted by molar-refractivity contribution is 7.59. The number of benzene rings is 2. The SMILES string of the molecule is COC(=O)c1cc(OCC(COc2cc(C(=O)OC)cc([N+](=O)[O-])c2Cl)N2CC[C@H](O[Si](C)(C)C(C)(C)C)C2)c(Cl)c([N+](=O)[O-])c1.S. The molecule has 47 heavy (non-hydrogen) atoms. The third kappa shape index (κ3) is 9.70. The molecule has 0 amide bonds. The number of hydrogen-bond donors (Lipinski definition) is 0. The molecule has 0 bridgehead atoms. The number of likely N-dealkylation sites (tertiary alicyclic amines) is 1. The molecule has 1 heterocycles. The maximum atomic E-state index is 12.2. The van der Waals surface area contributed by atoms with E-state index in [-0.39, 0.29) is 70.5 Å².